The van der Waals surface area contributed by atoms with Gasteiger partial charge in [-0.15, -0.1) is 0 Å². The molecule has 1 aliphatic carbocycles. The molecule has 0 saturated heterocycles. The lowest BCUT2D eigenvalue weighted by Gasteiger charge is -2.15. The number of rotatable bonds is 7. The summed E-state index contributed by atoms with van der Waals surface area (Å²) in [5, 5.41) is 4.97. The summed E-state index contributed by atoms with van der Waals surface area (Å²) in [6, 6.07) is 6.96. The number of hydrogen-bond acceptors (Lipinski definition) is 5. The highest BCUT2D eigenvalue weighted by molar-refractivity contribution is 5.97. The SMILES string of the molecule is COc1ccc(CCC(=O)OC(C)C(=O)NC(=O)NC2CCCC2)cc1. The molecule has 2 rings (SSSR count). The maximum Gasteiger partial charge on any atom is 0.321 e. The minimum absolute atomic E-state index is 0.116. The molecule has 26 heavy (non-hydrogen) atoms. The van der Waals surface area contributed by atoms with Crippen LogP contribution >= 0.6 is 0 Å². The lowest BCUT2D eigenvalue weighted by molar-refractivity contribution is -0.154. The molecular formula is C19H26N2O5. The molecule has 7 nitrogen and oxygen atoms in total. The Morgan fingerprint density at radius 2 is 1.81 bits per heavy atom. The van der Waals surface area contributed by atoms with Crippen molar-refractivity contribution >= 4 is 17.9 Å². The first-order chi connectivity index (χ1) is 12.5. The van der Waals surface area contributed by atoms with Crippen molar-refractivity contribution < 1.29 is 23.9 Å². The van der Waals surface area contributed by atoms with Crippen LogP contribution in [0.3, 0.4) is 0 Å². The predicted molar refractivity (Wildman–Crippen MR) is 95.8 cm³/mol. The number of methoxy groups -OCH3 is 1. The minimum atomic E-state index is -1.02. The largest absolute Gasteiger partial charge is 0.497 e. The maximum absolute atomic E-state index is 11.9. The summed E-state index contributed by atoms with van der Waals surface area (Å²) < 4.78 is 10.2. The van der Waals surface area contributed by atoms with Crippen LogP contribution in [0.15, 0.2) is 24.3 Å². The van der Waals surface area contributed by atoms with E-state index in [4.69, 9.17) is 9.47 Å². The summed E-state index contributed by atoms with van der Waals surface area (Å²) in [7, 11) is 1.59. The highest BCUT2D eigenvalue weighted by atomic mass is 16.5. The van der Waals surface area contributed by atoms with Gasteiger partial charge in [-0.05, 0) is 43.9 Å². The van der Waals surface area contributed by atoms with E-state index in [-0.39, 0.29) is 12.5 Å². The summed E-state index contributed by atoms with van der Waals surface area (Å²) in [6.07, 6.45) is 3.65. The topological polar surface area (TPSA) is 93.7 Å². The molecule has 7 heteroatoms. The molecule has 1 saturated carbocycles. The van der Waals surface area contributed by atoms with Gasteiger partial charge in [0.1, 0.15) is 5.75 Å². The molecule has 1 aliphatic rings. The van der Waals surface area contributed by atoms with Crippen molar-refractivity contribution in [2.24, 2.45) is 0 Å². The molecule has 1 atom stereocenters. The Labute approximate surface area is 153 Å². The highest BCUT2D eigenvalue weighted by Gasteiger charge is 2.22. The van der Waals surface area contributed by atoms with Crippen molar-refractivity contribution in [2.45, 2.75) is 57.6 Å². The van der Waals surface area contributed by atoms with E-state index in [1.807, 2.05) is 24.3 Å². The Morgan fingerprint density at radius 1 is 1.15 bits per heavy atom. The zero-order valence-electron chi connectivity index (χ0n) is 15.2. The van der Waals surface area contributed by atoms with Crippen molar-refractivity contribution in [1.29, 1.82) is 0 Å². The maximum atomic E-state index is 11.9. The monoisotopic (exact) mass is 362 g/mol. The van der Waals surface area contributed by atoms with Gasteiger partial charge in [-0.3, -0.25) is 14.9 Å². The number of urea groups is 1. The average Bonchev–Trinajstić information content (AvgIpc) is 3.13. The molecular weight excluding hydrogens is 336 g/mol. The van der Waals surface area contributed by atoms with E-state index in [1.54, 1.807) is 7.11 Å². The van der Waals surface area contributed by atoms with E-state index in [0.29, 0.717) is 6.42 Å². The molecule has 0 radical (unpaired) electrons. The first-order valence-electron chi connectivity index (χ1n) is 8.91. The van der Waals surface area contributed by atoms with Crippen LogP contribution in [-0.4, -0.2) is 37.2 Å². The van der Waals surface area contributed by atoms with E-state index in [0.717, 1.165) is 37.0 Å². The van der Waals surface area contributed by atoms with Crippen LogP contribution < -0.4 is 15.4 Å². The number of imide groups is 1. The predicted octanol–water partition coefficient (Wildman–Crippen LogP) is 2.33. The Hall–Kier alpha value is -2.57. The van der Waals surface area contributed by atoms with E-state index >= 15 is 0 Å². The third-order valence-corrected chi connectivity index (χ3v) is 4.38. The normalized spacial score (nSPS) is 15.2. The summed E-state index contributed by atoms with van der Waals surface area (Å²) >= 11 is 0. The van der Waals surface area contributed by atoms with Gasteiger partial charge < -0.3 is 14.8 Å². The van der Waals surface area contributed by atoms with Crippen LogP contribution in [0, 0.1) is 0 Å². The second kappa shape index (κ2) is 9.79. The fourth-order valence-corrected chi connectivity index (χ4v) is 2.85. The molecule has 0 spiro atoms. The lowest BCUT2D eigenvalue weighted by atomic mass is 10.1. The van der Waals surface area contributed by atoms with Crippen LogP contribution in [0.25, 0.3) is 0 Å². The smallest absolute Gasteiger partial charge is 0.321 e. The average molecular weight is 362 g/mol. The quantitative estimate of drug-likeness (QED) is 0.726. The van der Waals surface area contributed by atoms with Gasteiger partial charge in [-0.25, -0.2) is 4.79 Å². The summed E-state index contributed by atoms with van der Waals surface area (Å²) in [4.78, 5) is 35.6. The van der Waals surface area contributed by atoms with Crippen molar-refractivity contribution in [3.8, 4) is 5.75 Å². The molecule has 0 aromatic heterocycles. The summed E-state index contributed by atoms with van der Waals surface area (Å²) in [6.45, 7) is 1.45. The van der Waals surface area contributed by atoms with Crippen LogP contribution in [0.1, 0.15) is 44.6 Å². The van der Waals surface area contributed by atoms with Crippen molar-refractivity contribution in [3.63, 3.8) is 0 Å². The number of hydrogen-bond donors (Lipinski definition) is 2. The van der Waals surface area contributed by atoms with Crippen molar-refractivity contribution in [2.75, 3.05) is 7.11 Å². The zero-order chi connectivity index (χ0) is 18.9. The molecule has 3 amide bonds. The third-order valence-electron chi connectivity index (χ3n) is 4.38. The van der Waals surface area contributed by atoms with Gasteiger partial charge in [0, 0.05) is 12.5 Å². The number of ether oxygens (including phenoxy) is 2. The minimum Gasteiger partial charge on any atom is -0.497 e. The number of nitrogens with one attached hydrogen (secondary N) is 2. The summed E-state index contributed by atoms with van der Waals surface area (Å²) in [5.41, 5.74) is 0.968. The van der Waals surface area contributed by atoms with Gasteiger partial charge in [0.2, 0.25) is 0 Å². The molecule has 1 fully saturated rings. The van der Waals surface area contributed by atoms with Gasteiger partial charge in [-0.2, -0.15) is 0 Å². The van der Waals surface area contributed by atoms with Gasteiger partial charge in [0.15, 0.2) is 6.10 Å². The Morgan fingerprint density at radius 3 is 2.42 bits per heavy atom. The van der Waals surface area contributed by atoms with E-state index < -0.39 is 24.0 Å². The number of esters is 1. The summed E-state index contributed by atoms with van der Waals surface area (Å²) in [5.74, 6) is -0.365. The van der Waals surface area contributed by atoms with E-state index in [9.17, 15) is 14.4 Å². The van der Waals surface area contributed by atoms with Crippen molar-refractivity contribution in [3.05, 3.63) is 29.8 Å². The number of benzene rings is 1. The Bertz CT molecular complexity index is 623. The van der Waals surface area contributed by atoms with Crippen LogP contribution in [0.4, 0.5) is 4.79 Å². The molecule has 142 valence electrons. The van der Waals surface area contributed by atoms with Gasteiger partial charge in [-0.1, -0.05) is 25.0 Å². The molecule has 0 heterocycles. The molecule has 2 N–H and O–H groups in total. The van der Waals surface area contributed by atoms with Crippen LogP contribution in [0.2, 0.25) is 0 Å². The van der Waals surface area contributed by atoms with Gasteiger partial charge in [0.05, 0.1) is 7.11 Å². The van der Waals surface area contributed by atoms with Crippen molar-refractivity contribution in [1.82, 2.24) is 10.6 Å². The number of carbonyl (C=O) groups excluding carboxylic acids is 3. The lowest BCUT2D eigenvalue weighted by Crippen LogP contribution is -2.47. The zero-order valence-corrected chi connectivity index (χ0v) is 15.2. The molecule has 1 aromatic carbocycles. The van der Waals surface area contributed by atoms with E-state index in [2.05, 4.69) is 10.6 Å². The van der Waals surface area contributed by atoms with Crippen LogP contribution in [-0.2, 0) is 20.7 Å². The number of aryl methyl sites for hydroxylation is 1. The standard InChI is InChI=1S/C19H26N2O5/c1-13(18(23)21-19(24)20-15-5-3-4-6-15)26-17(22)12-9-14-7-10-16(25-2)11-8-14/h7-8,10-11,13,15H,3-6,9,12H2,1-2H3,(H2,20,21,23,24). The first kappa shape index (κ1) is 19.8. The second-order valence-corrected chi connectivity index (χ2v) is 6.42. The van der Waals surface area contributed by atoms with Crippen LogP contribution in [0.5, 0.6) is 5.75 Å². The Kier molecular flexibility index (Phi) is 7.44. The molecule has 1 unspecified atom stereocenters. The van der Waals surface area contributed by atoms with Gasteiger partial charge >= 0.3 is 12.0 Å². The number of carbonyl (C=O) groups is 3. The Balaban J connectivity index is 1.69. The molecule has 0 bridgehead atoms. The number of amides is 3. The highest BCUT2D eigenvalue weighted by Crippen LogP contribution is 2.17. The molecule has 1 aromatic rings. The van der Waals surface area contributed by atoms with Gasteiger partial charge in [0.25, 0.3) is 5.91 Å². The van der Waals surface area contributed by atoms with E-state index in [1.165, 1.54) is 6.92 Å². The second-order valence-electron chi connectivity index (χ2n) is 6.42. The fraction of sp³-hybridized carbons (Fsp3) is 0.526. The molecule has 0 aliphatic heterocycles. The fourth-order valence-electron chi connectivity index (χ4n) is 2.85. The first-order valence-corrected chi connectivity index (χ1v) is 8.91. The third kappa shape index (κ3) is 6.38.